The third-order valence-electron chi connectivity index (χ3n) is 3.06. The van der Waals surface area contributed by atoms with Gasteiger partial charge in [0.2, 0.25) is 0 Å². The molecule has 4 nitrogen and oxygen atoms in total. The van der Waals surface area contributed by atoms with Crippen LogP contribution in [0.5, 0.6) is 23.0 Å². The predicted molar refractivity (Wildman–Crippen MR) is 153 cm³/mol. The van der Waals surface area contributed by atoms with Crippen molar-refractivity contribution in [2.75, 3.05) is 0 Å². The molecule has 4 aromatic rings. The van der Waals surface area contributed by atoms with Crippen molar-refractivity contribution in [2.45, 2.75) is 41.5 Å². The van der Waals surface area contributed by atoms with Crippen LogP contribution in [0, 0.1) is 11.8 Å². The largest absolute Gasteiger partial charge is 0.508 e. The highest BCUT2D eigenvalue weighted by Gasteiger charge is 1.90. The Morgan fingerprint density at radius 3 is 0.639 bits per heavy atom. The van der Waals surface area contributed by atoms with E-state index in [0.29, 0.717) is 11.5 Å². The third kappa shape index (κ3) is 30.1. The SMILES string of the molecule is CC(C)C.CC(C)C.Oc1ccccc1.Oc1ccccc1.Oc1ccccc1O.c1ccccc1. The summed E-state index contributed by atoms with van der Waals surface area (Å²) in [5.41, 5.74) is 0. The third-order valence-corrected chi connectivity index (χ3v) is 3.06. The quantitative estimate of drug-likeness (QED) is 0.185. The lowest BCUT2D eigenvalue weighted by Gasteiger charge is -1.91. The maximum Gasteiger partial charge on any atom is 0.157 e. The van der Waals surface area contributed by atoms with Crippen molar-refractivity contribution in [3.63, 3.8) is 0 Å². The van der Waals surface area contributed by atoms with Gasteiger partial charge in [-0.05, 0) is 48.2 Å². The molecule has 0 aromatic heterocycles. The first-order chi connectivity index (χ1) is 17.1. The van der Waals surface area contributed by atoms with Crippen molar-refractivity contribution < 1.29 is 20.4 Å². The minimum Gasteiger partial charge on any atom is -0.508 e. The van der Waals surface area contributed by atoms with Gasteiger partial charge in [-0.3, -0.25) is 0 Å². The molecular weight excluding hydrogens is 448 g/mol. The second kappa shape index (κ2) is 24.2. The molecule has 0 aliphatic carbocycles. The first-order valence-electron chi connectivity index (χ1n) is 12.0. The van der Waals surface area contributed by atoms with E-state index in [1.165, 1.54) is 12.1 Å². The van der Waals surface area contributed by atoms with Gasteiger partial charge in [0.05, 0.1) is 0 Å². The van der Waals surface area contributed by atoms with E-state index in [0.717, 1.165) is 11.8 Å². The molecule has 0 fully saturated rings. The van der Waals surface area contributed by atoms with Gasteiger partial charge in [-0.25, -0.2) is 0 Å². The fourth-order valence-electron chi connectivity index (χ4n) is 1.71. The number of aromatic hydroxyl groups is 4. The van der Waals surface area contributed by atoms with Crippen molar-refractivity contribution in [3.8, 4) is 23.0 Å². The Labute approximate surface area is 218 Å². The van der Waals surface area contributed by atoms with E-state index in [9.17, 15) is 0 Å². The molecule has 4 N–H and O–H groups in total. The normalized spacial score (nSPS) is 8.67. The number of phenols is 4. The average molecular weight is 493 g/mol. The van der Waals surface area contributed by atoms with Gasteiger partial charge in [-0.2, -0.15) is 0 Å². The maximum absolute atomic E-state index is 8.67. The van der Waals surface area contributed by atoms with Gasteiger partial charge >= 0.3 is 0 Å². The Morgan fingerprint density at radius 1 is 0.333 bits per heavy atom. The first kappa shape index (κ1) is 34.2. The van der Waals surface area contributed by atoms with Crippen molar-refractivity contribution in [1.82, 2.24) is 0 Å². The van der Waals surface area contributed by atoms with Gasteiger partial charge in [-0.15, -0.1) is 0 Å². The van der Waals surface area contributed by atoms with Gasteiger partial charge in [-0.1, -0.05) is 126 Å². The maximum atomic E-state index is 8.67. The summed E-state index contributed by atoms with van der Waals surface area (Å²) in [6, 6.07) is 35.6. The van der Waals surface area contributed by atoms with E-state index >= 15 is 0 Å². The molecule has 0 aliphatic heterocycles. The molecule has 0 saturated carbocycles. The lowest BCUT2D eigenvalue weighted by molar-refractivity contribution is 0.404. The molecule has 0 saturated heterocycles. The molecule has 0 atom stereocenters. The topological polar surface area (TPSA) is 80.9 Å². The first-order valence-corrected chi connectivity index (χ1v) is 12.0. The summed E-state index contributed by atoms with van der Waals surface area (Å²) in [6.45, 7) is 13.0. The Bertz CT molecular complexity index is 844. The van der Waals surface area contributed by atoms with Crippen LogP contribution in [0.3, 0.4) is 0 Å². The summed E-state index contributed by atoms with van der Waals surface area (Å²) in [4.78, 5) is 0. The average Bonchev–Trinajstić information content (AvgIpc) is 2.84. The van der Waals surface area contributed by atoms with Crippen LogP contribution in [0.2, 0.25) is 0 Å². The van der Waals surface area contributed by atoms with Crippen LogP contribution in [0.15, 0.2) is 121 Å². The van der Waals surface area contributed by atoms with Gasteiger partial charge in [0.1, 0.15) is 11.5 Å². The van der Waals surface area contributed by atoms with Gasteiger partial charge < -0.3 is 20.4 Å². The summed E-state index contributed by atoms with van der Waals surface area (Å²) in [5, 5.41) is 34.6. The molecule has 0 spiro atoms. The van der Waals surface area contributed by atoms with Crippen LogP contribution in [0.4, 0.5) is 0 Å². The van der Waals surface area contributed by atoms with Crippen molar-refractivity contribution in [2.24, 2.45) is 11.8 Å². The summed E-state index contributed by atoms with van der Waals surface area (Å²) < 4.78 is 0. The van der Waals surface area contributed by atoms with E-state index in [4.69, 9.17) is 20.4 Å². The number of rotatable bonds is 0. The number of hydrogen-bond acceptors (Lipinski definition) is 4. The van der Waals surface area contributed by atoms with Crippen LogP contribution in [-0.2, 0) is 0 Å². The number of para-hydroxylation sites is 4. The molecule has 0 heterocycles. The van der Waals surface area contributed by atoms with Crippen LogP contribution < -0.4 is 0 Å². The van der Waals surface area contributed by atoms with Gasteiger partial charge in [0.15, 0.2) is 11.5 Å². The molecule has 4 aromatic carbocycles. The van der Waals surface area contributed by atoms with E-state index in [1.807, 2.05) is 48.5 Å². The zero-order valence-electron chi connectivity index (χ0n) is 22.5. The van der Waals surface area contributed by atoms with Crippen LogP contribution in [-0.4, -0.2) is 20.4 Å². The molecule has 4 heteroatoms. The molecule has 0 radical (unpaired) electrons. The number of benzene rings is 4. The standard InChI is InChI=1S/C6H6O2.2C6H6O.C6H6.2C4H10/c7-5-3-1-2-4-6(5)8;2*7-6-4-2-1-3-5-6;1-2-4-6-5-3-1;2*1-4(2)3/h1-4,7-8H;2*1-5,7H;1-6H;2*4H,1-3H3. The molecular formula is C32H44O4. The Kier molecular flexibility index (Phi) is 23.0. The van der Waals surface area contributed by atoms with Crippen LogP contribution >= 0.6 is 0 Å². The van der Waals surface area contributed by atoms with Crippen LogP contribution in [0.25, 0.3) is 0 Å². The summed E-state index contributed by atoms with van der Waals surface area (Å²) >= 11 is 0. The molecule has 0 bridgehead atoms. The Balaban J connectivity index is 0. The van der Waals surface area contributed by atoms with E-state index in [1.54, 1.807) is 60.7 Å². The van der Waals surface area contributed by atoms with Gasteiger partial charge in [0.25, 0.3) is 0 Å². The van der Waals surface area contributed by atoms with E-state index in [-0.39, 0.29) is 11.5 Å². The number of hydrogen-bond donors (Lipinski definition) is 4. The van der Waals surface area contributed by atoms with Gasteiger partial charge in [0, 0.05) is 0 Å². The van der Waals surface area contributed by atoms with E-state index in [2.05, 4.69) is 41.5 Å². The minimum atomic E-state index is -0.0764. The highest BCUT2D eigenvalue weighted by Crippen LogP contribution is 2.21. The second-order valence-corrected chi connectivity index (χ2v) is 8.78. The summed E-state index contributed by atoms with van der Waals surface area (Å²) in [7, 11) is 0. The fourth-order valence-corrected chi connectivity index (χ4v) is 1.71. The molecule has 4 rings (SSSR count). The molecule has 0 amide bonds. The Morgan fingerprint density at radius 2 is 0.500 bits per heavy atom. The fraction of sp³-hybridized carbons (Fsp3) is 0.250. The summed E-state index contributed by atoms with van der Waals surface area (Å²) in [6.07, 6.45) is 0. The lowest BCUT2D eigenvalue weighted by atomic mass is 10.3. The number of phenolic OH excluding ortho intramolecular Hbond substituents is 4. The van der Waals surface area contributed by atoms with Crippen molar-refractivity contribution in [3.05, 3.63) is 121 Å². The zero-order valence-corrected chi connectivity index (χ0v) is 22.5. The molecule has 196 valence electrons. The molecule has 0 aliphatic rings. The van der Waals surface area contributed by atoms with Crippen molar-refractivity contribution in [1.29, 1.82) is 0 Å². The summed E-state index contributed by atoms with van der Waals surface area (Å²) in [5.74, 6) is 2.16. The van der Waals surface area contributed by atoms with E-state index < -0.39 is 0 Å². The van der Waals surface area contributed by atoms with Crippen LogP contribution in [0.1, 0.15) is 41.5 Å². The highest BCUT2D eigenvalue weighted by molar-refractivity contribution is 5.36. The minimum absolute atomic E-state index is 0.0764. The highest BCUT2D eigenvalue weighted by atomic mass is 16.3. The Hall–Kier alpha value is -3.92. The zero-order chi connectivity index (χ0) is 27.6. The predicted octanol–water partition coefficient (Wildman–Crippen LogP) is 8.89. The monoisotopic (exact) mass is 492 g/mol. The molecule has 0 unspecified atom stereocenters. The smallest absolute Gasteiger partial charge is 0.157 e. The second-order valence-electron chi connectivity index (χ2n) is 8.78. The lowest BCUT2D eigenvalue weighted by Crippen LogP contribution is -1.66. The molecule has 36 heavy (non-hydrogen) atoms. The van der Waals surface area contributed by atoms with Crippen molar-refractivity contribution >= 4 is 0 Å².